The third kappa shape index (κ3) is 5.56. The van der Waals surface area contributed by atoms with E-state index < -0.39 is 12.3 Å². The second-order valence-electron chi connectivity index (χ2n) is 8.62. The molecular weight excluding hydrogens is 302 g/mol. The summed E-state index contributed by atoms with van der Waals surface area (Å²) in [5.74, 6) is 3.39. The van der Waals surface area contributed by atoms with Crippen molar-refractivity contribution in [3.63, 3.8) is 0 Å². The molecule has 0 aromatic rings. The van der Waals surface area contributed by atoms with Crippen molar-refractivity contribution in [3.8, 4) is 0 Å². The van der Waals surface area contributed by atoms with Crippen molar-refractivity contribution < 1.29 is 8.78 Å². The van der Waals surface area contributed by atoms with Gasteiger partial charge in [-0.15, -0.1) is 6.58 Å². The fourth-order valence-electron chi connectivity index (χ4n) is 5.18. The van der Waals surface area contributed by atoms with E-state index >= 15 is 0 Å². The molecule has 24 heavy (non-hydrogen) atoms. The Hall–Kier alpha value is -0.400. The van der Waals surface area contributed by atoms with Crippen LogP contribution >= 0.6 is 0 Å². The van der Waals surface area contributed by atoms with Crippen LogP contribution in [0.15, 0.2) is 12.7 Å². The number of allylic oxidation sites excluding steroid dienone is 1. The van der Waals surface area contributed by atoms with E-state index in [-0.39, 0.29) is 0 Å². The van der Waals surface area contributed by atoms with Crippen molar-refractivity contribution in [2.75, 3.05) is 0 Å². The normalized spacial score (nSPS) is 36.9. The first kappa shape index (κ1) is 19.9. The highest BCUT2D eigenvalue weighted by atomic mass is 19.2. The van der Waals surface area contributed by atoms with Gasteiger partial charge in [-0.05, 0) is 81.0 Å². The summed E-state index contributed by atoms with van der Waals surface area (Å²) in [7, 11) is 0. The molecule has 0 spiro atoms. The zero-order valence-electron chi connectivity index (χ0n) is 15.9. The fraction of sp³-hybridized carbons (Fsp3) is 0.909. The molecule has 5 atom stereocenters. The number of hydrogen-bond acceptors (Lipinski definition) is 0. The van der Waals surface area contributed by atoms with Crippen molar-refractivity contribution in [1.82, 2.24) is 0 Å². The standard InChI is InChI=1S/C22H38F2/c1-4-6-18(19-11-8-17(5-2)9-12-19)10-7-16(3)20-13-14-21(23)22(24)15-20/h5,16-22H,2,4,6-15H2,1,3H3. The molecular formula is C22H38F2. The molecule has 0 heterocycles. The summed E-state index contributed by atoms with van der Waals surface area (Å²) >= 11 is 0. The minimum absolute atomic E-state index is 0.394. The summed E-state index contributed by atoms with van der Waals surface area (Å²) in [6, 6.07) is 0. The Balaban J connectivity index is 1.79. The highest BCUT2D eigenvalue weighted by Crippen LogP contribution is 2.40. The van der Waals surface area contributed by atoms with Gasteiger partial charge in [-0.3, -0.25) is 0 Å². The fourth-order valence-corrected chi connectivity index (χ4v) is 5.18. The largest absolute Gasteiger partial charge is 0.244 e. The molecule has 2 saturated carbocycles. The van der Waals surface area contributed by atoms with Crippen LogP contribution < -0.4 is 0 Å². The predicted octanol–water partition coefficient (Wildman–Crippen LogP) is 7.29. The molecule has 2 fully saturated rings. The van der Waals surface area contributed by atoms with Gasteiger partial charge in [0.25, 0.3) is 0 Å². The smallest absolute Gasteiger partial charge is 0.131 e. The van der Waals surface area contributed by atoms with Gasteiger partial charge in [0.05, 0.1) is 0 Å². The minimum Gasteiger partial charge on any atom is -0.244 e. The Labute approximate surface area is 148 Å². The van der Waals surface area contributed by atoms with Crippen LogP contribution in [0.2, 0.25) is 0 Å². The summed E-state index contributed by atoms with van der Waals surface area (Å²) in [5, 5.41) is 0. The highest BCUT2D eigenvalue weighted by molar-refractivity contribution is 4.87. The van der Waals surface area contributed by atoms with Crippen molar-refractivity contribution in [2.24, 2.45) is 29.6 Å². The molecule has 0 amide bonds. The Morgan fingerprint density at radius 3 is 2.17 bits per heavy atom. The molecule has 2 aliphatic carbocycles. The van der Waals surface area contributed by atoms with E-state index in [0.717, 1.165) is 24.2 Å². The van der Waals surface area contributed by atoms with Gasteiger partial charge in [0.15, 0.2) is 0 Å². The molecule has 0 saturated heterocycles. The van der Waals surface area contributed by atoms with Crippen LogP contribution in [0.3, 0.4) is 0 Å². The SMILES string of the molecule is C=CC1CCC(C(CCC)CCC(C)C2CCC(F)C(F)C2)CC1. The molecule has 140 valence electrons. The summed E-state index contributed by atoms with van der Waals surface area (Å²) < 4.78 is 27.0. The maximum atomic E-state index is 13.7. The topological polar surface area (TPSA) is 0 Å². The third-order valence-corrected chi connectivity index (χ3v) is 7.01. The van der Waals surface area contributed by atoms with Crippen LogP contribution in [0.5, 0.6) is 0 Å². The first-order chi connectivity index (χ1) is 11.5. The third-order valence-electron chi connectivity index (χ3n) is 7.01. The summed E-state index contributed by atoms with van der Waals surface area (Å²) in [5.41, 5.74) is 0. The molecule has 2 aliphatic rings. The van der Waals surface area contributed by atoms with Gasteiger partial charge in [-0.2, -0.15) is 0 Å². The zero-order chi connectivity index (χ0) is 17.5. The summed E-state index contributed by atoms with van der Waals surface area (Å²) in [4.78, 5) is 0. The minimum atomic E-state index is -1.22. The van der Waals surface area contributed by atoms with E-state index in [9.17, 15) is 8.78 Å². The molecule has 2 rings (SSSR count). The Morgan fingerprint density at radius 1 is 0.917 bits per heavy atom. The number of hydrogen-bond donors (Lipinski definition) is 0. The Bertz CT molecular complexity index is 359. The maximum absolute atomic E-state index is 13.7. The molecule has 0 radical (unpaired) electrons. The monoisotopic (exact) mass is 340 g/mol. The first-order valence-corrected chi connectivity index (χ1v) is 10.5. The van der Waals surface area contributed by atoms with Crippen molar-refractivity contribution in [3.05, 3.63) is 12.7 Å². The van der Waals surface area contributed by atoms with Crippen LogP contribution in [0, 0.1) is 29.6 Å². The highest BCUT2D eigenvalue weighted by Gasteiger charge is 2.33. The van der Waals surface area contributed by atoms with Gasteiger partial charge in [-0.25, -0.2) is 8.78 Å². The van der Waals surface area contributed by atoms with E-state index in [2.05, 4.69) is 26.5 Å². The van der Waals surface area contributed by atoms with E-state index in [1.165, 1.54) is 51.4 Å². The van der Waals surface area contributed by atoms with Crippen LogP contribution in [0.4, 0.5) is 8.78 Å². The average Bonchev–Trinajstić information content (AvgIpc) is 2.60. The first-order valence-electron chi connectivity index (χ1n) is 10.5. The van der Waals surface area contributed by atoms with Gasteiger partial charge >= 0.3 is 0 Å². The lowest BCUT2D eigenvalue weighted by atomic mass is 9.71. The van der Waals surface area contributed by atoms with Crippen LogP contribution in [0.25, 0.3) is 0 Å². The van der Waals surface area contributed by atoms with Gasteiger partial charge in [0, 0.05) is 0 Å². The number of rotatable bonds is 8. The molecule has 0 aliphatic heterocycles. The second kappa shape index (κ2) is 9.92. The second-order valence-corrected chi connectivity index (χ2v) is 8.62. The van der Waals surface area contributed by atoms with E-state index in [4.69, 9.17) is 0 Å². The molecule has 0 aromatic carbocycles. The maximum Gasteiger partial charge on any atom is 0.131 e. The zero-order valence-corrected chi connectivity index (χ0v) is 15.9. The van der Waals surface area contributed by atoms with Crippen molar-refractivity contribution >= 4 is 0 Å². The molecule has 2 heteroatoms. The summed E-state index contributed by atoms with van der Waals surface area (Å²) in [6.07, 6.45) is 11.9. The van der Waals surface area contributed by atoms with E-state index in [1.54, 1.807) is 0 Å². The Morgan fingerprint density at radius 2 is 1.58 bits per heavy atom. The Kier molecular flexibility index (Phi) is 8.23. The number of halogens is 2. The molecule has 0 N–H and O–H groups in total. The quantitative estimate of drug-likeness (QED) is 0.407. The van der Waals surface area contributed by atoms with Crippen LogP contribution in [0.1, 0.15) is 84.5 Å². The van der Waals surface area contributed by atoms with Gasteiger partial charge in [0.1, 0.15) is 12.3 Å². The average molecular weight is 341 g/mol. The van der Waals surface area contributed by atoms with Gasteiger partial charge in [-0.1, -0.05) is 39.2 Å². The van der Waals surface area contributed by atoms with Gasteiger partial charge in [0.2, 0.25) is 0 Å². The lowest BCUT2D eigenvalue weighted by molar-refractivity contribution is 0.0670. The molecule has 0 aromatic heterocycles. The molecule has 0 bridgehead atoms. The van der Waals surface area contributed by atoms with Gasteiger partial charge < -0.3 is 0 Å². The molecule has 0 nitrogen and oxygen atoms in total. The summed E-state index contributed by atoms with van der Waals surface area (Å²) in [6.45, 7) is 8.52. The predicted molar refractivity (Wildman–Crippen MR) is 99.6 cm³/mol. The number of alkyl halides is 2. The van der Waals surface area contributed by atoms with Crippen molar-refractivity contribution in [1.29, 1.82) is 0 Å². The van der Waals surface area contributed by atoms with E-state index in [1.807, 2.05) is 0 Å². The van der Waals surface area contributed by atoms with E-state index in [0.29, 0.717) is 24.7 Å². The van der Waals surface area contributed by atoms with Crippen molar-refractivity contribution in [2.45, 2.75) is 96.8 Å². The van der Waals surface area contributed by atoms with Crippen LogP contribution in [-0.4, -0.2) is 12.3 Å². The lowest BCUT2D eigenvalue weighted by Gasteiger charge is -2.35. The van der Waals surface area contributed by atoms with Crippen LogP contribution in [-0.2, 0) is 0 Å². The lowest BCUT2D eigenvalue weighted by Crippen LogP contribution is -2.31. The molecule has 5 unspecified atom stereocenters.